The van der Waals surface area contributed by atoms with Crippen molar-refractivity contribution in [1.29, 1.82) is 0 Å². The first-order valence-electron chi connectivity index (χ1n) is 8.73. The predicted octanol–water partition coefficient (Wildman–Crippen LogP) is 2.91. The first-order valence-corrected chi connectivity index (χ1v) is 9.11. The lowest BCUT2D eigenvalue weighted by Gasteiger charge is -2.27. The lowest BCUT2D eigenvalue weighted by molar-refractivity contribution is 0.167. The van der Waals surface area contributed by atoms with E-state index in [1.165, 1.54) is 5.69 Å². The van der Waals surface area contributed by atoms with Crippen LogP contribution in [-0.4, -0.2) is 42.8 Å². The lowest BCUT2D eigenvalue weighted by Crippen LogP contribution is -2.35. The maximum atomic E-state index is 9.97. The summed E-state index contributed by atoms with van der Waals surface area (Å²) in [7, 11) is 0. The number of aromatic nitrogens is 4. The number of aliphatic hydroxyl groups is 1. The molecule has 0 bridgehead atoms. The number of benzene rings is 1. The Hall–Kier alpha value is -1.89. The summed E-state index contributed by atoms with van der Waals surface area (Å²) in [6.07, 6.45) is 1.09. The zero-order chi connectivity index (χ0) is 17.4. The number of aliphatic hydroxyl groups excluding tert-OH is 1. The van der Waals surface area contributed by atoms with Crippen molar-refractivity contribution in [1.82, 2.24) is 24.6 Å². The molecular weight excluding hydrogens is 338 g/mol. The van der Waals surface area contributed by atoms with Crippen molar-refractivity contribution in [3.05, 3.63) is 46.5 Å². The molecular formula is C18H22ClN5O. The summed E-state index contributed by atoms with van der Waals surface area (Å²) in [5.41, 5.74) is 3.89. The minimum atomic E-state index is -0.464. The number of aromatic amines is 1. The minimum absolute atomic E-state index is 0.464. The molecule has 0 aliphatic carbocycles. The van der Waals surface area contributed by atoms with Crippen LogP contribution in [0.3, 0.4) is 0 Å². The van der Waals surface area contributed by atoms with E-state index in [9.17, 15) is 5.11 Å². The van der Waals surface area contributed by atoms with E-state index < -0.39 is 6.10 Å². The van der Waals surface area contributed by atoms with E-state index in [-0.39, 0.29) is 0 Å². The van der Waals surface area contributed by atoms with Crippen LogP contribution < -0.4 is 0 Å². The van der Waals surface area contributed by atoms with E-state index in [1.54, 1.807) is 0 Å². The molecule has 0 radical (unpaired) electrons. The molecule has 0 amide bonds. The van der Waals surface area contributed by atoms with Crippen molar-refractivity contribution in [3.63, 3.8) is 0 Å². The van der Waals surface area contributed by atoms with Crippen molar-refractivity contribution >= 4 is 22.6 Å². The Morgan fingerprint density at radius 2 is 2.20 bits per heavy atom. The summed E-state index contributed by atoms with van der Waals surface area (Å²) < 4.78 is 2.02. The van der Waals surface area contributed by atoms with E-state index in [0.29, 0.717) is 6.42 Å². The van der Waals surface area contributed by atoms with Gasteiger partial charge in [-0.15, -0.1) is 0 Å². The Morgan fingerprint density at radius 3 is 3.04 bits per heavy atom. The van der Waals surface area contributed by atoms with Gasteiger partial charge in [0.05, 0.1) is 35.1 Å². The van der Waals surface area contributed by atoms with Gasteiger partial charge in [0.2, 0.25) is 0 Å². The highest BCUT2D eigenvalue weighted by atomic mass is 35.5. The van der Waals surface area contributed by atoms with Gasteiger partial charge in [-0.25, -0.2) is 4.98 Å². The second-order valence-electron chi connectivity index (χ2n) is 6.58. The highest BCUT2D eigenvalue weighted by Crippen LogP contribution is 2.21. The van der Waals surface area contributed by atoms with Crippen LogP contribution in [0.1, 0.15) is 36.7 Å². The first-order chi connectivity index (χ1) is 12.1. The topological polar surface area (TPSA) is 70.0 Å². The van der Waals surface area contributed by atoms with Crippen molar-refractivity contribution < 1.29 is 5.11 Å². The largest absolute Gasteiger partial charge is 0.387 e. The molecule has 2 N–H and O–H groups in total. The number of rotatable bonds is 5. The molecule has 25 heavy (non-hydrogen) atoms. The zero-order valence-electron chi connectivity index (χ0n) is 14.2. The number of fused-ring (bicyclic) bond motifs is 2. The number of H-pyrrole nitrogens is 1. The van der Waals surface area contributed by atoms with Gasteiger partial charge < -0.3 is 10.1 Å². The zero-order valence-corrected chi connectivity index (χ0v) is 15.0. The molecule has 0 fully saturated rings. The van der Waals surface area contributed by atoms with Crippen molar-refractivity contribution in [2.45, 2.75) is 39.0 Å². The quantitative estimate of drug-likeness (QED) is 0.734. The Bertz CT molecular complexity index is 887. The summed E-state index contributed by atoms with van der Waals surface area (Å²) in [5, 5.41) is 15.2. The molecule has 3 aromatic rings. The van der Waals surface area contributed by atoms with E-state index in [2.05, 4.69) is 20.0 Å². The standard InChI is InChI=1S/C18H22ClN5O/c1-2-17(25)16-10-13-11-23(7-8-24(13)22-16)6-5-18-20-14-4-3-12(19)9-15(14)21-18/h3-4,9-10,17,25H,2,5-8,11H2,1H3,(H,20,21)/t17-/m0/s1. The maximum Gasteiger partial charge on any atom is 0.108 e. The van der Waals surface area contributed by atoms with Crippen LogP contribution in [0.15, 0.2) is 24.3 Å². The van der Waals surface area contributed by atoms with Crippen molar-refractivity contribution in [2.24, 2.45) is 0 Å². The highest BCUT2D eigenvalue weighted by molar-refractivity contribution is 6.31. The Balaban J connectivity index is 1.41. The first kappa shape index (κ1) is 16.6. The monoisotopic (exact) mass is 359 g/mol. The predicted molar refractivity (Wildman–Crippen MR) is 97.6 cm³/mol. The average molecular weight is 360 g/mol. The number of nitrogens with one attached hydrogen (secondary N) is 1. The van der Waals surface area contributed by atoms with Gasteiger partial charge in [-0.05, 0) is 30.7 Å². The normalized spacial score (nSPS) is 16.3. The number of halogens is 1. The second kappa shape index (κ2) is 6.78. The number of nitrogens with zero attached hydrogens (tertiary/aromatic N) is 4. The molecule has 6 nitrogen and oxygen atoms in total. The van der Waals surface area contributed by atoms with Gasteiger partial charge in [-0.1, -0.05) is 18.5 Å². The summed E-state index contributed by atoms with van der Waals surface area (Å²) in [6, 6.07) is 7.75. The van der Waals surface area contributed by atoms with Gasteiger partial charge in [0.15, 0.2) is 0 Å². The Labute approximate surface area is 151 Å². The Morgan fingerprint density at radius 1 is 1.32 bits per heavy atom. The molecule has 1 aromatic carbocycles. The van der Waals surface area contributed by atoms with E-state index in [1.807, 2.05) is 35.9 Å². The number of hydrogen-bond donors (Lipinski definition) is 2. The molecule has 7 heteroatoms. The maximum absolute atomic E-state index is 9.97. The smallest absolute Gasteiger partial charge is 0.108 e. The van der Waals surface area contributed by atoms with E-state index >= 15 is 0 Å². The van der Waals surface area contributed by atoms with E-state index in [4.69, 9.17) is 11.6 Å². The van der Waals surface area contributed by atoms with Crippen LogP contribution in [0, 0.1) is 0 Å². The third-order valence-electron chi connectivity index (χ3n) is 4.78. The summed E-state index contributed by atoms with van der Waals surface area (Å²) in [4.78, 5) is 10.4. The second-order valence-corrected chi connectivity index (χ2v) is 7.02. The molecule has 0 spiro atoms. The van der Waals surface area contributed by atoms with Gasteiger partial charge in [0, 0.05) is 31.1 Å². The SMILES string of the molecule is CC[C@H](O)c1cc2n(n1)CCN(CCc1nc3ccc(Cl)cc3[nH]1)C2. The van der Waals surface area contributed by atoms with E-state index in [0.717, 1.165) is 60.2 Å². The molecule has 0 saturated heterocycles. The fourth-order valence-corrected chi connectivity index (χ4v) is 3.49. The third-order valence-corrected chi connectivity index (χ3v) is 5.02. The van der Waals surface area contributed by atoms with Crippen LogP contribution in [0.2, 0.25) is 5.02 Å². The Kier molecular flexibility index (Phi) is 4.50. The van der Waals surface area contributed by atoms with Gasteiger partial charge in [-0.3, -0.25) is 9.58 Å². The third kappa shape index (κ3) is 3.42. The molecule has 1 aliphatic rings. The summed E-state index contributed by atoms with van der Waals surface area (Å²) in [5.74, 6) is 0.985. The molecule has 1 atom stereocenters. The molecule has 4 rings (SSSR count). The van der Waals surface area contributed by atoms with Crippen LogP contribution in [0.25, 0.3) is 11.0 Å². The van der Waals surface area contributed by atoms with Gasteiger partial charge >= 0.3 is 0 Å². The van der Waals surface area contributed by atoms with Crippen LogP contribution >= 0.6 is 11.6 Å². The van der Waals surface area contributed by atoms with Gasteiger partial charge in [0.25, 0.3) is 0 Å². The summed E-state index contributed by atoms with van der Waals surface area (Å²) >= 11 is 6.03. The molecule has 132 valence electrons. The fraction of sp³-hybridized carbons (Fsp3) is 0.444. The molecule has 3 heterocycles. The van der Waals surface area contributed by atoms with Crippen LogP contribution in [0.4, 0.5) is 0 Å². The lowest BCUT2D eigenvalue weighted by atomic mass is 10.2. The van der Waals surface area contributed by atoms with Crippen molar-refractivity contribution in [3.8, 4) is 0 Å². The summed E-state index contributed by atoms with van der Waals surface area (Å²) in [6.45, 7) is 5.58. The highest BCUT2D eigenvalue weighted by Gasteiger charge is 2.20. The van der Waals surface area contributed by atoms with Gasteiger partial charge in [0.1, 0.15) is 5.82 Å². The van der Waals surface area contributed by atoms with Crippen molar-refractivity contribution in [2.75, 3.05) is 13.1 Å². The fourth-order valence-electron chi connectivity index (χ4n) is 3.32. The molecule has 0 unspecified atom stereocenters. The number of hydrogen-bond acceptors (Lipinski definition) is 4. The molecule has 0 saturated carbocycles. The van der Waals surface area contributed by atoms with Crippen LogP contribution in [0.5, 0.6) is 0 Å². The molecule has 2 aromatic heterocycles. The minimum Gasteiger partial charge on any atom is -0.387 e. The molecule has 1 aliphatic heterocycles. The van der Waals surface area contributed by atoms with Gasteiger partial charge in [-0.2, -0.15) is 5.10 Å². The average Bonchev–Trinajstić information content (AvgIpc) is 3.21. The number of imidazole rings is 1. The van der Waals surface area contributed by atoms with Crippen LogP contribution in [-0.2, 0) is 19.5 Å².